The molecule has 1 aliphatic heterocycles. The highest BCUT2D eigenvalue weighted by Crippen LogP contribution is 2.30. The third kappa shape index (κ3) is 1.37. The molecule has 1 aromatic rings. The van der Waals surface area contributed by atoms with E-state index in [0.29, 0.717) is 12.4 Å². The lowest BCUT2D eigenvalue weighted by atomic mass is 10.2. The van der Waals surface area contributed by atoms with Crippen molar-refractivity contribution in [2.45, 2.75) is 18.9 Å². The predicted octanol–water partition coefficient (Wildman–Crippen LogP) is 1.49. The van der Waals surface area contributed by atoms with Gasteiger partial charge in [-0.1, -0.05) is 0 Å². The van der Waals surface area contributed by atoms with Crippen molar-refractivity contribution in [1.29, 1.82) is 0 Å². The Bertz CT molecular complexity index is 296. The molecule has 0 spiro atoms. The van der Waals surface area contributed by atoms with E-state index in [4.69, 9.17) is 9.52 Å². The highest BCUT2D eigenvalue weighted by Gasteiger charge is 2.32. The summed E-state index contributed by atoms with van der Waals surface area (Å²) in [4.78, 5) is 16.1. The molecule has 0 aromatic carbocycles. The van der Waals surface area contributed by atoms with Gasteiger partial charge in [-0.05, 0) is 12.8 Å². The van der Waals surface area contributed by atoms with E-state index in [2.05, 4.69) is 4.98 Å². The summed E-state index contributed by atoms with van der Waals surface area (Å²) in [5.41, 5.74) is 0. The van der Waals surface area contributed by atoms with Crippen molar-refractivity contribution >= 4 is 6.09 Å². The monoisotopic (exact) mass is 182 g/mol. The number of carbonyl (C=O) groups is 1. The molecule has 1 amide bonds. The van der Waals surface area contributed by atoms with Gasteiger partial charge < -0.3 is 9.52 Å². The van der Waals surface area contributed by atoms with Gasteiger partial charge in [0.1, 0.15) is 12.3 Å². The minimum Gasteiger partial charge on any atom is -0.465 e. The highest BCUT2D eigenvalue weighted by atomic mass is 16.4. The van der Waals surface area contributed by atoms with Crippen LogP contribution in [-0.2, 0) is 0 Å². The topological polar surface area (TPSA) is 66.6 Å². The molecule has 5 heteroatoms. The van der Waals surface area contributed by atoms with E-state index in [-0.39, 0.29) is 6.04 Å². The minimum atomic E-state index is -0.902. The fourth-order valence-electron chi connectivity index (χ4n) is 1.65. The summed E-state index contributed by atoms with van der Waals surface area (Å²) in [6.45, 7) is 0.572. The van der Waals surface area contributed by atoms with E-state index < -0.39 is 6.09 Å². The molecule has 0 saturated carbocycles. The van der Waals surface area contributed by atoms with Crippen molar-refractivity contribution in [2.75, 3.05) is 6.54 Å². The first kappa shape index (κ1) is 8.10. The molecule has 2 heterocycles. The van der Waals surface area contributed by atoms with E-state index in [0.717, 1.165) is 12.8 Å². The number of hydrogen-bond acceptors (Lipinski definition) is 3. The molecular weight excluding hydrogens is 172 g/mol. The average molecular weight is 182 g/mol. The molecule has 1 fully saturated rings. The minimum absolute atomic E-state index is 0.188. The Hall–Kier alpha value is -1.52. The lowest BCUT2D eigenvalue weighted by molar-refractivity contribution is 0.134. The van der Waals surface area contributed by atoms with Crippen molar-refractivity contribution < 1.29 is 14.3 Å². The standard InChI is InChI=1S/C8H10N2O3/c11-8(12)10-4-1-2-6(10)7-9-3-5-13-7/h3,5-6H,1-2,4H2,(H,11,12). The molecular formula is C8H10N2O3. The van der Waals surface area contributed by atoms with Crippen LogP contribution in [0.3, 0.4) is 0 Å². The van der Waals surface area contributed by atoms with Gasteiger partial charge in [-0.2, -0.15) is 0 Å². The molecule has 1 unspecified atom stereocenters. The fraction of sp³-hybridized carbons (Fsp3) is 0.500. The van der Waals surface area contributed by atoms with Crippen LogP contribution in [-0.4, -0.2) is 27.6 Å². The largest absolute Gasteiger partial charge is 0.465 e. The summed E-state index contributed by atoms with van der Waals surface area (Å²) in [5.74, 6) is 0.500. The molecule has 70 valence electrons. The van der Waals surface area contributed by atoms with Crippen molar-refractivity contribution in [3.8, 4) is 0 Å². The van der Waals surface area contributed by atoms with E-state index in [1.54, 1.807) is 0 Å². The smallest absolute Gasteiger partial charge is 0.407 e. The van der Waals surface area contributed by atoms with Crippen LogP contribution in [0.5, 0.6) is 0 Å². The summed E-state index contributed by atoms with van der Waals surface area (Å²) in [6.07, 6.45) is 3.77. The Morgan fingerprint density at radius 1 is 1.77 bits per heavy atom. The molecule has 0 aliphatic carbocycles. The molecule has 1 saturated heterocycles. The number of rotatable bonds is 1. The first-order chi connectivity index (χ1) is 6.29. The summed E-state index contributed by atoms with van der Waals surface area (Å²) in [7, 11) is 0. The first-order valence-electron chi connectivity index (χ1n) is 4.18. The fourth-order valence-corrected chi connectivity index (χ4v) is 1.65. The summed E-state index contributed by atoms with van der Waals surface area (Å²) in [5, 5.41) is 8.84. The number of hydrogen-bond donors (Lipinski definition) is 1. The second kappa shape index (κ2) is 3.08. The number of oxazole rings is 1. The van der Waals surface area contributed by atoms with Gasteiger partial charge in [0.15, 0.2) is 0 Å². The lowest BCUT2D eigenvalue weighted by Crippen LogP contribution is -2.28. The molecule has 0 radical (unpaired) electrons. The molecule has 2 rings (SSSR count). The van der Waals surface area contributed by atoms with Crippen LogP contribution in [0.4, 0.5) is 4.79 Å². The van der Waals surface area contributed by atoms with E-state index in [1.165, 1.54) is 17.4 Å². The number of aromatic nitrogens is 1. The molecule has 1 atom stereocenters. The van der Waals surface area contributed by atoms with Gasteiger partial charge in [-0.25, -0.2) is 9.78 Å². The first-order valence-corrected chi connectivity index (χ1v) is 4.18. The van der Waals surface area contributed by atoms with Crippen molar-refractivity contribution in [3.05, 3.63) is 18.4 Å². The van der Waals surface area contributed by atoms with Crippen LogP contribution in [0.2, 0.25) is 0 Å². The second-order valence-electron chi connectivity index (χ2n) is 3.00. The molecule has 1 aliphatic rings. The predicted molar refractivity (Wildman–Crippen MR) is 43.2 cm³/mol. The van der Waals surface area contributed by atoms with Gasteiger partial charge in [0.25, 0.3) is 0 Å². The van der Waals surface area contributed by atoms with Crippen LogP contribution in [0.25, 0.3) is 0 Å². The van der Waals surface area contributed by atoms with Crippen molar-refractivity contribution in [3.63, 3.8) is 0 Å². The molecule has 13 heavy (non-hydrogen) atoms. The van der Waals surface area contributed by atoms with Gasteiger partial charge >= 0.3 is 6.09 Å². The molecule has 0 bridgehead atoms. The Balaban J connectivity index is 2.19. The normalized spacial score (nSPS) is 22.2. The van der Waals surface area contributed by atoms with Crippen molar-refractivity contribution in [1.82, 2.24) is 9.88 Å². The van der Waals surface area contributed by atoms with Crippen LogP contribution in [0.1, 0.15) is 24.8 Å². The van der Waals surface area contributed by atoms with Crippen molar-refractivity contribution in [2.24, 2.45) is 0 Å². The maximum Gasteiger partial charge on any atom is 0.407 e. The molecule has 1 aromatic heterocycles. The van der Waals surface area contributed by atoms with Crippen LogP contribution in [0.15, 0.2) is 16.9 Å². The molecule has 1 N–H and O–H groups in total. The zero-order chi connectivity index (χ0) is 9.26. The maximum atomic E-state index is 10.8. The lowest BCUT2D eigenvalue weighted by Gasteiger charge is -2.17. The number of carboxylic acid groups (broad SMARTS) is 1. The maximum absolute atomic E-state index is 10.8. The van der Waals surface area contributed by atoms with Gasteiger partial charge in [0, 0.05) is 6.54 Å². The zero-order valence-corrected chi connectivity index (χ0v) is 7.01. The SMILES string of the molecule is O=C(O)N1CCCC1c1ncco1. The van der Waals surface area contributed by atoms with Gasteiger partial charge in [0.2, 0.25) is 5.89 Å². The summed E-state index contributed by atoms with van der Waals surface area (Å²) >= 11 is 0. The zero-order valence-electron chi connectivity index (χ0n) is 7.01. The van der Waals surface area contributed by atoms with E-state index in [1.807, 2.05) is 0 Å². The summed E-state index contributed by atoms with van der Waals surface area (Å²) < 4.78 is 5.08. The number of nitrogens with zero attached hydrogens (tertiary/aromatic N) is 2. The average Bonchev–Trinajstić information content (AvgIpc) is 2.74. The Morgan fingerprint density at radius 2 is 2.62 bits per heavy atom. The third-order valence-electron chi connectivity index (χ3n) is 2.23. The molecule has 5 nitrogen and oxygen atoms in total. The Morgan fingerprint density at radius 3 is 3.23 bits per heavy atom. The quantitative estimate of drug-likeness (QED) is 0.714. The van der Waals surface area contributed by atoms with E-state index in [9.17, 15) is 4.79 Å². The summed E-state index contributed by atoms with van der Waals surface area (Å²) in [6, 6.07) is -0.188. The van der Waals surface area contributed by atoms with Gasteiger partial charge in [0.05, 0.1) is 6.20 Å². The number of amides is 1. The second-order valence-corrected chi connectivity index (χ2v) is 3.00. The van der Waals surface area contributed by atoms with Crippen LogP contribution >= 0.6 is 0 Å². The highest BCUT2D eigenvalue weighted by molar-refractivity contribution is 5.65. The van der Waals surface area contributed by atoms with E-state index >= 15 is 0 Å². The third-order valence-corrected chi connectivity index (χ3v) is 2.23. The van der Waals surface area contributed by atoms with Gasteiger partial charge in [-0.3, -0.25) is 4.90 Å². The number of likely N-dealkylation sites (tertiary alicyclic amines) is 1. The Kier molecular flexibility index (Phi) is 1.92. The Labute approximate surface area is 75.0 Å². The van der Waals surface area contributed by atoms with Gasteiger partial charge in [-0.15, -0.1) is 0 Å². The van der Waals surface area contributed by atoms with Crippen LogP contribution < -0.4 is 0 Å². The van der Waals surface area contributed by atoms with Crippen LogP contribution in [0, 0.1) is 0 Å².